The Morgan fingerprint density at radius 2 is 1.18 bits per heavy atom. The van der Waals surface area contributed by atoms with E-state index in [-0.39, 0.29) is 160 Å². The summed E-state index contributed by atoms with van der Waals surface area (Å²) in [7, 11) is 2.76. The number of esters is 3. The average molecular weight is 1760 g/mol. The van der Waals surface area contributed by atoms with Crippen molar-refractivity contribution in [2.45, 2.75) is 362 Å². The molecule has 2 aliphatic carbocycles. The van der Waals surface area contributed by atoms with E-state index in [4.69, 9.17) is 44.4 Å². The maximum Gasteiger partial charge on any atom is 0.312 e. The summed E-state index contributed by atoms with van der Waals surface area (Å²) in [4.78, 5) is 146. The number of ketones is 4. The van der Waals surface area contributed by atoms with Crippen LogP contribution in [0, 0.1) is 65.1 Å². The number of aliphatic hydroxyl groups is 2. The fraction of sp³-hybridized carbons (Fsp3) is 0.714. The summed E-state index contributed by atoms with van der Waals surface area (Å²) in [6, 6.07) is 0. The molecule has 4 N–H and O–H groups in total. The molecule has 4 amide bonds. The predicted molar refractivity (Wildman–Crippen MR) is 484 cm³/mol. The van der Waals surface area contributed by atoms with Gasteiger partial charge in [-0.25, -0.2) is 0 Å². The van der Waals surface area contributed by atoms with Gasteiger partial charge in [-0.3, -0.25) is 68.2 Å². The highest BCUT2D eigenvalue weighted by Gasteiger charge is 2.54. The van der Waals surface area contributed by atoms with E-state index >= 15 is 0 Å². The van der Waals surface area contributed by atoms with Gasteiger partial charge in [-0.05, 0) is 212 Å². The standard InChI is InChI=1S/C35H59NO7Si.C29H44O6.C27H41NO7.C7H11ClO/c1-12-14-15-16-20-32(40)42-33(26(5)28(37)19-17-18-27-22-30(38)36-31(39)23-27)24(3)21-25(4)34(29(13-2)41-9)43-44(10,11)35(6,7)8;1-19-15-20(2)29(35-28(33)14-9-7-6-8-13-27(34-5)21(19)3)22(4)26(32)12-10-11-23-16-24(30)18-25(31)17-23;1-16-13-17(2)25-18(3)27(33,12-8-9-19-14-22(29)28-23(30)15-19)20(26(32)35-25)10-6-5-7-11-21(34-4)24(16)31;1-2-3-4-5-6-7(8)9/h12-13,21,25-27,29,33-34H,1-2,14-20,22-23H2,3-11H3,(H,36,38,39);8,13,15,19,21-23,27,29H,6-7,9-12,14,16-18H2,1-5H3;7,11,13,16,18-21,24-25,31,33H,5-6,8-10,12,14-15H2,1-4H3,(H,28,29,30);2H,1,3-6H2/b24-21-;13-8+,20-15-;11-7+,17-13-;/t25-,26-,29+,33+,34+;19-,21+,22-,27+,29+;16-,18+,20?,21+,24+,25?,27?;/m111./s1. The van der Waals surface area contributed by atoms with E-state index in [0.29, 0.717) is 128 Å². The van der Waals surface area contributed by atoms with Crippen LogP contribution >= 0.6 is 11.6 Å². The number of hydrogen-bond acceptors (Lipinski definition) is 21. The van der Waals surface area contributed by atoms with Crippen LogP contribution in [-0.2, 0) is 90.4 Å². The van der Waals surface area contributed by atoms with Gasteiger partial charge in [0.2, 0.25) is 28.9 Å². The van der Waals surface area contributed by atoms with Crippen LogP contribution in [0.4, 0.5) is 0 Å². The topological polar surface area (TPSA) is 334 Å². The Morgan fingerprint density at radius 3 is 1.70 bits per heavy atom. The van der Waals surface area contributed by atoms with Crippen LogP contribution < -0.4 is 10.6 Å². The van der Waals surface area contributed by atoms with Crippen molar-refractivity contribution in [3.63, 3.8) is 0 Å². The zero-order valence-corrected chi connectivity index (χ0v) is 79.6. The molecule has 3 unspecified atom stereocenters. The number of fused-ring (bicyclic) bond motifs is 9. The highest BCUT2D eigenvalue weighted by Crippen LogP contribution is 2.46. The summed E-state index contributed by atoms with van der Waals surface area (Å²) in [5, 5.41) is 27.2. The van der Waals surface area contributed by atoms with Crippen LogP contribution in [0.15, 0.2) is 97.2 Å². The number of rotatable bonds is 37. The first-order valence-corrected chi connectivity index (χ1v) is 48.6. The minimum Gasteiger partial charge on any atom is -0.457 e. The van der Waals surface area contributed by atoms with Crippen molar-refractivity contribution in [3.8, 4) is 0 Å². The molecule has 5 heterocycles. The number of methoxy groups -OCH3 is 3. The highest BCUT2D eigenvalue weighted by atomic mass is 35.5. The third-order valence-electron chi connectivity index (χ3n) is 25.8. The normalized spacial score (nSPS) is 27.5. The smallest absolute Gasteiger partial charge is 0.312 e. The number of carbonyl (C=O) groups excluding carboxylic acids is 12. The van der Waals surface area contributed by atoms with Gasteiger partial charge in [0.15, 0.2) is 8.32 Å². The van der Waals surface area contributed by atoms with Gasteiger partial charge in [0.25, 0.3) is 0 Å². The zero-order valence-electron chi connectivity index (χ0n) is 77.8. The Labute approximate surface area is 742 Å². The third kappa shape index (κ3) is 38.8. The zero-order chi connectivity index (χ0) is 92.5. The summed E-state index contributed by atoms with van der Waals surface area (Å²) < 4.78 is 41.6. The first-order valence-electron chi connectivity index (χ1n) is 45.3. The Balaban J connectivity index is 0.000000455. The molecular formula is C98H155ClN2O21Si. The number of cyclic esters (lactones) is 1. The van der Waals surface area contributed by atoms with Crippen LogP contribution in [0.3, 0.4) is 0 Å². The van der Waals surface area contributed by atoms with Crippen molar-refractivity contribution in [1.82, 2.24) is 10.6 Å². The van der Waals surface area contributed by atoms with Gasteiger partial charge in [0.05, 0.1) is 48.1 Å². The van der Waals surface area contributed by atoms with Crippen molar-refractivity contribution < 1.29 is 101 Å². The van der Waals surface area contributed by atoms with E-state index in [1.807, 2.05) is 84.9 Å². The summed E-state index contributed by atoms with van der Waals surface area (Å²) in [5.41, 5.74) is 1.20. The first-order chi connectivity index (χ1) is 57.9. The maximum absolute atomic E-state index is 13.4. The molecule has 123 heavy (non-hydrogen) atoms. The molecule has 2 bridgehead atoms. The number of Topliss-reactive ketones (excluding diaryl/α,β-unsaturated/α-hetero) is 4. The molecule has 0 aromatic rings. The van der Waals surface area contributed by atoms with Crippen molar-refractivity contribution >= 4 is 89.8 Å². The number of hydrogen-bond donors (Lipinski definition) is 4. The molecule has 5 aliphatic heterocycles. The second kappa shape index (κ2) is 56.4. The van der Waals surface area contributed by atoms with Crippen LogP contribution in [0.5, 0.6) is 0 Å². The van der Waals surface area contributed by atoms with Gasteiger partial charge in [0, 0.05) is 110 Å². The number of carbonyl (C=O) groups is 12. The van der Waals surface area contributed by atoms with Gasteiger partial charge in [0.1, 0.15) is 53.7 Å². The monoisotopic (exact) mass is 1760 g/mol. The van der Waals surface area contributed by atoms with Crippen LogP contribution in [0.25, 0.3) is 0 Å². The number of imide groups is 2. The quantitative estimate of drug-likeness (QED) is 0.00656. The molecule has 17 atom stereocenters. The van der Waals surface area contributed by atoms with E-state index < -0.39 is 62.2 Å². The predicted octanol–water partition coefficient (Wildman–Crippen LogP) is 18.1. The van der Waals surface area contributed by atoms with Crippen molar-refractivity contribution in [1.29, 1.82) is 0 Å². The lowest BCUT2D eigenvalue weighted by Gasteiger charge is -2.48. The molecule has 7 rings (SSSR count). The third-order valence-corrected chi connectivity index (χ3v) is 30.5. The largest absolute Gasteiger partial charge is 0.457 e. The van der Waals surface area contributed by atoms with Crippen LogP contribution in [-0.4, -0.2) is 164 Å². The summed E-state index contributed by atoms with van der Waals surface area (Å²) in [5.74, 6) is -4.02. The van der Waals surface area contributed by atoms with E-state index in [1.165, 1.54) is 0 Å². The first kappa shape index (κ1) is 110. The number of allylic oxidation sites excluding steroid dienone is 5. The molecule has 0 radical (unpaired) electrons. The lowest BCUT2D eigenvalue weighted by Crippen LogP contribution is -2.58. The fourth-order valence-corrected chi connectivity index (χ4v) is 18.6. The Hall–Kier alpha value is -6.77. The van der Waals surface area contributed by atoms with Gasteiger partial charge in [-0.2, -0.15) is 0 Å². The lowest BCUT2D eigenvalue weighted by atomic mass is 9.67. The number of amides is 4. The fourth-order valence-electron chi connectivity index (χ4n) is 17.1. The Bertz CT molecular complexity index is 3580. The number of halogens is 1. The van der Waals surface area contributed by atoms with Crippen molar-refractivity contribution in [3.05, 3.63) is 97.2 Å². The molecule has 0 aromatic carbocycles. The number of ether oxygens (including phenoxy) is 6. The highest BCUT2D eigenvalue weighted by molar-refractivity contribution is 6.74. The molecule has 3 saturated heterocycles. The van der Waals surface area contributed by atoms with Gasteiger partial charge in [-0.15, -0.1) is 19.7 Å². The number of piperidine rings is 2. The van der Waals surface area contributed by atoms with Crippen molar-refractivity contribution in [2.24, 2.45) is 65.1 Å². The van der Waals surface area contributed by atoms with Gasteiger partial charge in [-0.1, -0.05) is 136 Å². The minimum atomic E-state index is -2.18. The molecule has 25 heteroatoms. The van der Waals surface area contributed by atoms with Crippen LogP contribution in [0.1, 0.15) is 289 Å². The molecular weight excluding hydrogens is 1600 g/mol. The van der Waals surface area contributed by atoms with E-state index in [9.17, 15) is 67.7 Å². The van der Waals surface area contributed by atoms with E-state index in [2.05, 4.69) is 103 Å². The minimum absolute atomic E-state index is 0.00408. The Kier molecular flexibility index (Phi) is 50.7. The summed E-state index contributed by atoms with van der Waals surface area (Å²) in [6.45, 7) is 41.7. The molecule has 7 aliphatic rings. The summed E-state index contributed by atoms with van der Waals surface area (Å²) in [6.07, 6.45) is 33.4. The average Bonchev–Trinajstić information content (AvgIpc) is 0.757. The second-order valence-corrected chi connectivity index (χ2v) is 42.2. The van der Waals surface area contributed by atoms with E-state index in [1.54, 1.807) is 27.4 Å². The van der Waals surface area contributed by atoms with E-state index in [0.717, 1.165) is 68.1 Å². The molecule has 0 spiro atoms. The van der Waals surface area contributed by atoms with Gasteiger partial charge < -0.3 is 43.1 Å². The second-order valence-electron chi connectivity index (χ2n) is 37.0. The molecule has 1 saturated carbocycles. The number of aliphatic hydroxyl groups excluding tert-OH is 1. The lowest BCUT2D eigenvalue weighted by molar-refractivity contribution is -0.199. The number of nitrogens with one attached hydrogen (secondary N) is 2. The number of unbranched alkanes of at least 4 members (excludes halogenated alkanes) is 4. The summed E-state index contributed by atoms with van der Waals surface area (Å²) >= 11 is 5.09. The SMILES string of the molecule is C=CCCCCC(=O)Cl.C=CCCCCC(=O)O[C@@H](/C(C)=C\[C@@H](C)[C@H](O[Si](C)(C)C(C)(C)C)[C@H](C=C)OC)[C@H](C)C(=O)CCCC1CC(=O)NC(=O)C1.CO[C@H]1/C=C/CCCC2C(=O)OC(/C(C)=C\[C@@H](C)[C@@H]1O)[C@H](C)C2(O)CCCC1CC(=O)NC(=O)C1.CO[C@H]1/C=C/CCCCC(=O)O[C@H]([C@H](C)C(=O)CCCC2CC(=O)CC(=O)C2)/C(C)=C\[C@@H](C)[C@@H]1C. The molecule has 0 aromatic heterocycles. The van der Waals surface area contributed by atoms with Gasteiger partial charge >= 0.3 is 17.9 Å². The molecule has 4 fully saturated rings. The molecule has 23 nitrogen and oxygen atoms in total. The van der Waals surface area contributed by atoms with Crippen LogP contribution in [0.2, 0.25) is 18.1 Å². The van der Waals surface area contributed by atoms with Crippen molar-refractivity contribution in [2.75, 3.05) is 21.3 Å². The Morgan fingerprint density at radius 1 is 0.667 bits per heavy atom. The maximum atomic E-state index is 13.4. The molecule has 694 valence electrons.